The molecular weight excluding hydrogens is 396 g/mol. The molecule has 0 saturated heterocycles. The monoisotopic (exact) mass is 410 g/mol. The molecule has 4 aromatic rings. The van der Waals surface area contributed by atoms with E-state index in [9.17, 15) is 14.4 Å². The Morgan fingerprint density at radius 1 is 1.17 bits per heavy atom. The summed E-state index contributed by atoms with van der Waals surface area (Å²) < 4.78 is 11.2. The zero-order valence-electron chi connectivity index (χ0n) is 14.9. The Bertz CT molecular complexity index is 1260. The predicted molar refractivity (Wildman–Crippen MR) is 104 cm³/mol. The molecule has 3 aromatic heterocycles. The van der Waals surface area contributed by atoms with Gasteiger partial charge in [-0.05, 0) is 17.5 Å². The minimum atomic E-state index is -0.799. The van der Waals surface area contributed by atoms with Gasteiger partial charge in [0.1, 0.15) is 18.8 Å². The topological polar surface area (TPSA) is 130 Å². The van der Waals surface area contributed by atoms with Gasteiger partial charge in [-0.3, -0.25) is 14.4 Å². The molecule has 3 heterocycles. The smallest absolute Gasteiger partial charge is 0.328 e. The molecule has 146 valence electrons. The molecule has 0 spiro atoms. The zero-order valence-corrected chi connectivity index (χ0v) is 15.7. The average Bonchev–Trinajstić information content (AvgIpc) is 3.40. The molecule has 10 heteroatoms. The molecule has 0 atom stereocenters. The molecule has 0 unspecified atom stereocenters. The first-order valence-corrected chi connectivity index (χ1v) is 9.35. The molecule has 1 amide bonds. The summed E-state index contributed by atoms with van der Waals surface area (Å²) in [5.41, 5.74) is 5.17. The summed E-state index contributed by atoms with van der Waals surface area (Å²) in [5, 5.41) is 10.3. The van der Waals surface area contributed by atoms with Crippen LogP contribution in [0.15, 0.2) is 57.2 Å². The maximum atomic E-state index is 12.6. The van der Waals surface area contributed by atoms with E-state index in [0.29, 0.717) is 16.8 Å². The van der Waals surface area contributed by atoms with Crippen molar-refractivity contribution in [2.24, 2.45) is 5.73 Å². The van der Waals surface area contributed by atoms with Crippen LogP contribution in [0, 0.1) is 0 Å². The lowest BCUT2D eigenvalue weighted by atomic mass is 10.1. The van der Waals surface area contributed by atoms with Crippen molar-refractivity contribution in [1.29, 1.82) is 0 Å². The molecule has 2 N–H and O–H groups in total. The number of rotatable bonds is 6. The minimum Gasteiger partial charge on any atom is -0.458 e. The van der Waals surface area contributed by atoms with Crippen LogP contribution in [0.25, 0.3) is 21.4 Å². The van der Waals surface area contributed by atoms with Crippen molar-refractivity contribution < 1.29 is 18.8 Å². The lowest BCUT2D eigenvalue weighted by Gasteiger charge is -2.09. The predicted octanol–water partition coefficient (Wildman–Crippen LogP) is 1.96. The number of carbonyl (C=O) groups is 2. The number of thiophene rings is 1. The molecule has 9 nitrogen and oxygen atoms in total. The first-order valence-electron chi connectivity index (χ1n) is 8.47. The van der Waals surface area contributed by atoms with Gasteiger partial charge in [0.05, 0.1) is 10.3 Å². The van der Waals surface area contributed by atoms with Crippen molar-refractivity contribution in [3.63, 3.8) is 0 Å². The fourth-order valence-electron chi connectivity index (χ4n) is 2.76. The van der Waals surface area contributed by atoms with Crippen LogP contribution in [0.3, 0.4) is 0 Å². The second-order valence-electron chi connectivity index (χ2n) is 6.04. The standard InChI is InChI=1S/C19H14N4O5S/c20-18(25)17-12-4-1-2-5-13(12)19(26)23(21-17)9-16(24)27-10-11-8-14(28-22-11)15-6-3-7-29-15/h1-8H,9-10H2,(H2,20,25). The first kappa shape index (κ1) is 18.6. The number of carbonyl (C=O) groups excluding carboxylic acids is 2. The van der Waals surface area contributed by atoms with Crippen molar-refractivity contribution in [3.05, 3.63) is 69.6 Å². The van der Waals surface area contributed by atoms with Crippen molar-refractivity contribution in [2.45, 2.75) is 13.2 Å². The number of hydrogen-bond acceptors (Lipinski definition) is 8. The van der Waals surface area contributed by atoms with Crippen molar-refractivity contribution in [2.75, 3.05) is 0 Å². The normalized spacial score (nSPS) is 10.9. The number of nitrogens with two attached hydrogens (primary N) is 1. The van der Waals surface area contributed by atoms with Crippen LogP contribution in [0.4, 0.5) is 0 Å². The fourth-order valence-corrected chi connectivity index (χ4v) is 3.43. The highest BCUT2D eigenvalue weighted by atomic mass is 32.1. The van der Waals surface area contributed by atoms with Gasteiger partial charge in [0, 0.05) is 11.5 Å². The van der Waals surface area contributed by atoms with E-state index in [1.54, 1.807) is 24.3 Å². The molecule has 0 bridgehead atoms. The Labute approximate surface area is 167 Å². The first-order chi connectivity index (χ1) is 14.0. The van der Waals surface area contributed by atoms with E-state index in [-0.39, 0.29) is 17.7 Å². The van der Waals surface area contributed by atoms with E-state index in [0.717, 1.165) is 9.56 Å². The molecular formula is C19H14N4O5S. The van der Waals surface area contributed by atoms with Crippen LogP contribution < -0.4 is 11.3 Å². The second-order valence-corrected chi connectivity index (χ2v) is 6.99. The number of ether oxygens (including phenoxy) is 1. The van der Waals surface area contributed by atoms with E-state index < -0.39 is 24.0 Å². The van der Waals surface area contributed by atoms with Gasteiger partial charge in [0.2, 0.25) is 0 Å². The number of amides is 1. The Kier molecular flexibility index (Phi) is 4.92. The summed E-state index contributed by atoms with van der Waals surface area (Å²) in [6, 6.07) is 11.9. The Balaban J connectivity index is 1.50. The van der Waals surface area contributed by atoms with Crippen LogP contribution >= 0.6 is 11.3 Å². The number of primary amides is 1. The Morgan fingerprint density at radius 2 is 1.97 bits per heavy atom. The van der Waals surface area contributed by atoms with Crippen molar-refractivity contribution >= 4 is 34.0 Å². The van der Waals surface area contributed by atoms with Gasteiger partial charge in [0.25, 0.3) is 11.5 Å². The third-order valence-corrected chi connectivity index (χ3v) is 4.97. The SMILES string of the molecule is NC(=O)c1nn(CC(=O)OCc2cc(-c3cccs3)on2)c(=O)c2ccccc12. The Hall–Kier alpha value is -3.79. The summed E-state index contributed by atoms with van der Waals surface area (Å²) in [4.78, 5) is 37.3. The molecule has 0 aliphatic carbocycles. The number of nitrogens with zero attached hydrogens (tertiary/aromatic N) is 3. The van der Waals surface area contributed by atoms with E-state index >= 15 is 0 Å². The largest absolute Gasteiger partial charge is 0.458 e. The number of esters is 1. The van der Waals surface area contributed by atoms with Gasteiger partial charge in [-0.25, -0.2) is 4.68 Å². The van der Waals surface area contributed by atoms with E-state index in [1.807, 2.05) is 17.5 Å². The number of benzene rings is 1. The second kappa shape index (κ2) is 7.68. The summed E-state index contributed by atoms with van der Waals surface area (Å²) >= 11 is 1.50. The van der Waals surface area contributed by atoms with Gasteiger partial charge in [-0.2, -0.15) is 5.10 Å². The van der Waals surface area contributed by atoms with Crippen LogP contribution in [0.1, 0.15) is 16.2 Å². The lowest BCUT2D eigenvalue weighted by molar-refractivity contribution is -0.146. The highest BCUT2D eigenvalue weighted by molar-refractivity contribution is 7.13. The molecule has 0 fully saturated rings. The third kappa shape index (κ3) is 3.78. The van der Waals surface area contributed by atoms with Gasteiger partial charge in [0.15, 0.2) is 11.5 Å². The van der Waals surface area contributed by atoms with Crippen LogP contribution in [-0.4, -0.2) is 26.8 Å². The number of aromatic nitrogens is 3. The summed E-state index contributed by atoms with van der Waals surface area (Å²) in [7, 11) is 0. The molecule has 0 aliphatic rings. The quantitative estimate of drug-likeness (QED) is 0.481. The van der Waals surface area contributed by atoms with Crippen molar-refractivity contribution in [1.82, 2.24) is 14.9 Å². The highest BCUT2D eigenvalue weighted by Crippen LogP contribution is 2.25. The van der Waals surface area contributed by atoms with Gasteiger partial charge in [-0.1, -0.05) is 29.4 Å². The number of fused-ring (bicyclic) bond motifs is 1. The van der Waals surface area contributed by atoms with Gasteiger partial charge >= 0.3 is 5.97 Å². The van der Waals surface area contributed by atoms with E-state index in [1.165, 1.54) is 17.4 Å². The highest BCUT2D eigenvalue weighted by Gasteiger charge is 2.17. The minimum absolute atomic E-state index is 0.0925. The average molecular weight is 410 g/mol. The van der Waals surface area contributed by atoms with Crippen LogP contribution in [-0.2, 0) is 22.7 Å². The fraction of sp³-hybridized carbons (Fsp3) is 0.105. The summed E-state index contributed by atoms with van der Waals surface area (Å²) in [6.45, 7) is -0.599. The van der Waals surface area contributed by atoms with E-state index in [4.69, 9.17) is 15.0 Å². The zero-order chi connectivity index (χ0) is 20.4. The molecule has 29 heavy (non-hydrogen) atoms. The Morgan fingerprint density at radius 3 is 2.69 bits per heavy atom. The maximum absolute atomic E-state index is 12.6. The summed E-state index contributed by atoms with van der Waals surface area (Å²) in [6.07, 6.45) is 0. The van der Waals surface area contributed by atoms with Crippen molar-refractivity contribution in [3.8, 4) is 10.6 Å². The van der Waals surface area contributed by atoms with Crippen LogP contribution in [0.2, 0.25) is 0 Å². The number of hydrogen-bond donors (Lipinski definition) is 1. The summed E-state index contributed by atoms with van der Waals surface area (Å²) in [5.74, 6) is -0.942. The van der Waals surface area contributed by atoms with Gasteiger partial charge in [-0.15, -0.1) is 11.3 Å². The molecule has 0 aliphatic heterocycles. The third-order valence-electron chi connectivity index (χ3n) is 4.08. The van der Waals surface area contributed by atoms with E-state index in [2.05, 4.69) is 10.3 Å². The molecule has 0 saturated carbocycles. The van der Waals surface area contributed by atoms with Crippen LogP contribution in [0.5, 0.6) is 0 Å². The molecule has 0 radical (unpaired) electrons. The molecule has 1 aromatic carbocycles. The lowest BCUT2D eigenvalue weighted by Crippen LogP contribution is -2.31. The maximum Gasteiger partial charge on any atom is 0.328 e. The molecule has 4 rings (SSSR count). The van der Waals surface area contributed by atoms with Gasteiger partial charge < -0.3 is 15.0 Å².